The molecule has 1 fully saturated rings. The number of hydrogen-bond donors (Lipinski definition) is 1. The fourth-order valence-electron chi connectivity index (χ4n) is 1.95. The van der Waals surface area contributed by atoms with Crippen molar-refractivity contribution in [3.05, 3.63) is 0 Å². The van der Waals surface area contributed by atoms with Gasteiger partial charge in [-0.2, -0.15) is 11.8 Å². The predicted molar refractivity (Wildman–Crippen MR) is 69.1 cm³/mol. The lowest BCUT2D eigenvalue weighted by Gasteiger charge is -2.35. The third-order valence-electron chi connectivity index (χ3n) is 2.94. The van der Waals surface area contributed by atoms with Gasteiger partial charge in [0.05, 0.1) is 5.41 Å². The number of amides is 1. The molecule has 0 saturated carbocycles. The van der Waals surface area contributed by atoms with E-state index >= 15 is 0 Å². The summed E-state index contributed by atoms with van der Waals surface area (Å²) in [5.41, 5.74) is -0.978. The van der Waals surface area contributed by atoms with Gasteiger partial charge in [-0.3, -0.25) is 9.59 Å². The maximum atomic E-state index is 12.1. The standard InChI is InChI=1S/C12H21NO3S/c1-8-6-13(7-9(2)17-8)10(14)5-12(3,4)11(15)16/h8-9H,5-7H2,1-4H3,(H,15,16). The summed E-state index contributed by atoms with van der Waals surface area (Å²) in [6.45, 7) is 8.84. The van der Waals surface area contributed by atoms with E-state index in [-0.39, 0.29) is 12.3 Å². The summed E-state index contributed by atoms with van der Waals surface area (Å²) in [4.78, 5) is 24.9. The van der Waals surface area contributed by atoms with Crippen molar-refractivity contribution in [2.75, 3.05) is 13.1 Å². The van der Waals surface area contributed by atoms with Gasteiger partial charge in [0.2, 0.25) is 5.91 Å². The maximum absolute atomic E-state index is 12.1. The van der Waals surface area contributed by atoms with Gasteiger partial charge in [-0.05, 0) is 13.8 Å². The van der Waals surface area contributed by atoms with Crippen LogP contribution in [0.2, 0.25) is 0 Å². The number of carboxylic acids is 1. The van der Waals surface area contributed by atoms with E-state index in [2.05, 4.69) is 13.8 Å². The number of rotatable bonds is 3. The molecule has 1 heterocycles. The second-order valence-corrected chi connectivity index (χ2v) is 7.30. The Hall–Kier alpha value is -0.710. The molecular formula is C12H21NO3S. The summed E-state index contributed by atoms with van der Waals surface area (Å²) < 4.78 is 0. The van der Waals surface area contributed by atoms with E-state index in [4.69, 9.17) is 5.11 Å². The average Bonchev–Trinajstić information content (AvgIpc) is 2.15. The van der Waals surface area contributed by atoms with Gasteiger partial charge in [0.25, 0.3) is 0 Å². The van der Waals surface area contributed by atoms with Crippen LogP contribution in [-0.2, 0) is 9.59 Å². The molecule has 0 spiro atoms. The van der Waals surface area contributed by atoms with Crippen molar-refractivity contribution < 1.29 is 14.7 Å². The Kier molecular flexibility index (Phi) is 4.47. The minimum Gasteiger partial charge on any atom is -0.481 e. The second kappa shape index (κ2) is 5.29. The maximum Gasteiger partial charge on any atom is 0.309 e. The van der Waals surface area contributed by atoms with Crippen molar-refractivity contribution in [3.63, 3.8) is 0 Å². The molecule has 2 unspecified atom stereocenters. The molecule has 2 atom stereocenters. The molecule has 1 saturated heterocycles. The Morgan fingerprint density at radius 3 is 2.18 bits per heavy atom. The van der Waals surface area contributed by atoms with E-state index in [0.29, 0.717) is 10.5 Å². The third kappa shape index (κ3) is 3.91. The number of thioether (sulfide) groups is 1. The molecule has 0 aromatic heterocycles. The van der Waals surface area contributed by atoms with Gasteiger partial charge in [0.1, 0.15) is 0 Å². The summed E-state index contributed by atoms with van der Waals surface area (Å²) in [5.74, 6) is -0.963. The monoisotopic (exact) mass is 259 g/mol. The van der Waals surface area contributed by atoms with Crippen LogP contribution >= 0.6 is 11.8 Å². The van der Waals surface area contributed by atoms with Crippen LogP contribution in [0.25, 0.3) is 0 Å². The minimum atomic E-state index is -0.978. The largest absolute Gasteiger partial charge is 0.481 e. The topological polar surface area (TPSA) is 57.6 Å². The van der Waals surface area contributed by atoms with Crippen molar-refractivity contribution >= 4 is 23.6 Å². The van der Waals surface area contributed by atoms with Crippen LogP contribution in [0.1, 0.15) is 34.1 Å². The van der Waals surface area contributed by atoms with Crippen LogP contribution in [0.15, 0.2) is 0 Å². The van der Waals surface area contributed by atoms with Gasteiger partial charge in [0.15, 0.2) is 0 Å². The lowest BCUT2D eigenvalue weighted by Crippen LogP contribution is -2.46. The zero-order valence-electron chi connectivity index (χ0n) is 10.9. The number of carbonyl (C=O) groups is 2. The van der Waals surface area contributed by atoms with Crippen LogP contribution in [0, 0.1) is 5.41 Å². The molecule has 0 radical (unpaired) electrons. The molecule has 17 heavy (non-hydrogen) atoms. The van der Waals surface area contributed by atoms with Gasteiger partial charge in [-0.15, -0.1) is 0 Å². The highest BCUT2D eigenvalue weighted by Crippen LogP contribution is 2.27. The molecule has 0 aliphatic carbocycles. The van der Waals surface area contributed by atoms with Crippen LogP contribution < -0.4 is 0 Å². The Balaban J connectivity index is 2.61. The summed E-state index contributed by atoms with van der Waals surface area (Å²) in [6.07, 6.45) is 0.0758. The van der Waals surface area contributed by atoms with Gasteiger partial charge in [0, 0.05) is 30.0 Å². The fraction of sp³-hybridized carbons (Fsp3) is 0.833. The van der Waals surface area contributed by atoms with Gasteiger partial charge < -0.3 is 10.0 Å². The molecule has 0 aromatic carbocycles. The Morgan fingerprint density at radius 1 is 1.29 bits per heavy atom. The molecule has 1 aliphatic rings. The van der Waals surface area contributed by atoms with Gasteiger partial charge in [-0.25, -0.2) is 0 Å². The highest BCUT2D eigenvalue weighted by atomic mass is 32.2. The Labute approximate surface area is 107 Å². The first kappa shape index (κ1) is 14.4. The molecule has 1 rings (SSSR count). The number of aliphatic carboxylic acids is 1. The first-order chi connectivity index (χ1) is 7.72. The number of carbonyl (C=O) groups excluding carboxylic acids is 1. The van der Waals surface area contributed by atoms with E-state index in [1.807, 2.05) is 11.8 Å². The number of hydrogen-bond acceptors (Lipinski definition) is 3. The molecule has 0 bridgehead atoms. The van der Waals surface area contributed by atoms with Crippen molar-refractivity contribution in [2.24, 2.45) is 5.41 Å². The normalized spacial score (nSPS) is 25.8. The third-order valence-corrected chi connectivity index (χ3v) is 4.17. The molecule has 0 aromatic rings. The SMILES string of the molecule is CC1CN(C(=O)CC(C)(C)C(=O)O)CC(C)S1. The van der Waals surface area contributed by atoms with Crippen LogP contribution in [0.4, 0.5) is 0 Å². The number of carboxylic acid groups (broad SMARTS) is 1. The lowest BCUT2D eigenvalue weighted by atomic mass is 9.89. The molecule has 5 heteroatoms. The Morgan fingerprint density at radius 2 is 1.76 bits per heavy atom. The van der Waals surface area contributed by atoms with E-state index in [9.17, 15) is 9.59 Å². The highest BCUT2D eigenvalue weighted by molar-refractivity contribution is 8.00. The van der Waals surface area contributed by atoms with Crippen LogP contribution in [0.3, 0.4) is 0 Å². The van der Waals surface area contributed by atoms with Crippen LogP contribution in [-0.4, -0.2) is 45.5 Å². The van der Waals surface area contributed by atoms with E-state index in [1.54, 1.807) is 18.7 Å². The van der Waals surface area contributed by atoms with Crippen molar-refractivity contribution in [3.8, 4) is 0 Å². The first-order valence-corrected chi connectivity index (χ1v) is 6.83. The summed E-state index contributed by atoms with van der Waals surface area (Å²) in [6, 6.07) is 0. The summed E-state index contributed by atoms with van der Waals surface area (Å²) >= 11 is 1.88. The molecule has 98 valence electrons. The smallest absolute Gasteiger partial charge is 0.309 e. The van der Waals surface area contributed by atoms with Gasteiger partial charge in [-0.1, -0.05) is 13.8 Å². The molecular weight excluding hydrogens is 238 g/mol. The quantitative estimate of drug-likeness (QED) is 0.840. The van der Waals surface area contributed by atoms with Gasteiger partial charge >= 0.3 is 5.97 Å². The second-order valence-electron chi connectivity index (χ2n) is 5.42. The zero-order chi connectivity index (χ0) is 13.2. The minimum absolute atomic E-state index is 0.0450. The lowest BCUT2D eigenvalue weighted by molar-refractivity contribution is -0.151. The number of nitrogens with zero attached hydrogens (tertiary/aromatic N) is 1. The van der Waals surface area contributed by atoms with Crippen molar-refractivity contribution in [1.29, 1.82) is 0 Å². The van der Waals surface area contributed by atoms with Crippen LogP contribution in [0.5, 0.6) is 0 Å². The predicted octanol–water partition coefficient (Wildman–Crippen LogP) is 1.84. The van der Waals surface area contributed by atoms with E-state index in [0.717, 1.165) is 13.1 Å². The zero-order valence-corrected chi connectivity index (χ0v) is 11.7. The first-order valence-electron chi connectivity index (χ1n) is 5.89. The average molecular weight is 259 g/mol. The summed E-state index contributed by atoms with van der Waals surface area (Å²) in [5, 5.41) is 9.87. The molecule has 4 nitrogen and oxygen atoms in total. The highest BCUT2D eigenvalue weighted by Gasteiger charge is 2.34. The van der Waals surface area contributed by atoms with E-state index < -0.39 is 11.4 Å². The molecule has 1 aliphatic heterocycles. The fourth-order valence-corrected chi connectivity index (χ4v) is 3.27. The summed E-state index contributed by atoms with van der Waals surface area (Å²) in [7, 11) is 0. The van der Waals surface area contributed by atoms with Crippen molar-refractivity contribution in [1.82, 2.24) is 4.90 Å². The van der Waals surface area contributed by atoms with Crippen molar-refractivity contribution in [2.45, 2.75) is 44.6 Å². The molecule has 1 N–H and O–H groups in total. The molecule has 1 amide bonds. The van der Waals surface area contributed by atoms with E-state index in [1.165, 1.54) is 0 Å². The Bertz CT molecular complexity index is 307.